The van der Waals surface area contributed by atoms with Crippen molar-refractivity contribution in [2.24, 2.45) is 7.05 Å². The van der Waals surface area contributed by atoms with E-state index in [1.165, 1.54) is 18.3 Å². The minimum Gasteiger partial charge on any atom is -0.322 e. The number of nitrogens with one attached hydrogen (secondary N) is 1. The van der Waals surface area contributed by atoms with Gasteiger partial charge in [-0.2, -0.15) is 5.10 Å². The molecule has 112 valence electrons. The first kappa shape index (κ1) is 14.2. The van der Waals surface area contributed by atoms with Crippen LogP contribution in [0.25, 0.3) is 11.0 Å². The first-order valence-corrected chi connectivity index (χ1v) is 6.82. The summed E-state index contributed by atoms with van der Waals surface area (Å²) in [6.45, 7) is 3.61. The zero-order valence-electron chi connectivity index (χ0n) is 12.5. The molecule has 0 aliphatic carbocycles. The smallest absolute Gasteiger partial charge is 0.257 e. The molecule has 6 heteroatoms. The Hall–Kier alpha value is -2.76. The lowest BCUT2D eigenvalue weighted by molar-refractivity contribution is 0.102. The molecule has 0 spiro atoms. The van der Waals surface area contributed by atoms with Crippen LogP contribution in [0.5, 0.6) is 0 Å². The number of hydrogen-bond donors (Lipinski definition) is 1. The number of aryl methyl sites for hydroxylation is 3. The highest BCUT2D eigenvalue weighted by atomic mass is 19.1. The summed E-state index contributed by atoms with van der Waals surface area (Å²) >= 11 is 0. The minimum atomic E-state index is -0.329. The summed E-state index contributed by atoms with van der Waals surface area (Å²) in [5.74, 6) is -0.614. The van der Waals surface area contributed by atoms with Crippen molar-refractivity contribution in [3.05, 3.63) is 53.1 Å². The lowest BCUT2D eigenvalue weighted by Crippen LogP contribution is -2.13. The van der Waals surface area contributed by atoms with Crippen LogP contribution in [0.15, 0.2) is 30.5 Å². The van der Waals surface area contributed by atoms with Crippen molar-refractivity contribution in [1.82, 2.24) is 14.8 Å². The average molecular weight is 298 g/mol. The highest BCUT2D eigenvalue weighted by Gasteiger charge is 2.13. The first-order chi connectivity index (χ1) is 10.5. The van der Waals surface area contributed by atoms with Crippen molar-refractivity contribution < 1.29 is 9.18 Å². The van der Waals surface area contributed by atoms with Crippen LogP contribution in [0.2, 0.25) is 0 Å². The van der Waals surface area contributed by atoms with E-state index in [-0.39, 0.29) is 11.7 Å². The van der Waals surface area contributed by atoms with Crippen molar-refractivity contribution in [2.45, 2.75) is 13.8 Å². The third-order valence-corrected chi connectivity index (χ3v) is 3.56. The van der Waals surface area contributed by atoms with Crippen molar-refractivity contribution >= 4 is 22.6 Å². The Kier molecular flexibility index (Phi) is 3.36. The summed E-state index contributed by atoms with van der Waals surface area (Å²) in [4.78, 5) is 16.6. The Morgan fingerprint density at radius 3 is 2.77 bits per heavy atom. The fraction of sp³-hybridized carbons (Fsp3) is 0.188. The third-order valence-electron chi connectivity index (χ3n) is 3.56. The van der Waals surface area contributed by atoms with E-state index in [0.717, 1.165) is 16.7 Å². The van der Waals surface area contributed by atoms with Gasteiger partial charge in [-0.1, -0.05) is 0 Å². The molecule has 3 rings (SSSR count). The molecular formula is C16H15FN4O. The number of aromatic nitrogens is 3. The van der Waals surface area contributed by atoms with Crippen LogP contribution in [0, 0.1) is 19.7 Å². The van der Waals surface area contributed by atoms with Gasteiger partial charge in [0.25, 0.3) is 5.91 Å². The van der Waals surface area contributed by atoms with E-state index >= 15 is 0 Å². The largest absolute Gasteiger partial charge is 0.322 e. The second-order valence-corrected chi connectivity index (χ2v) is 5.22. The quantitative estimate of drug-likeness (QED) is 0.791. The van der Waals surface area contributed by atoms with Gasteiger partial charge >= 0.3 is 0 Å². The minimum absolute atomic E-state index is 0.285. The summed E-state index contributed by atoms with van der Waals surface area (Å²) in [5, 5.41) is 7.89. The molecule has 0 aliphatic rings. The van der Waals surface area contributed by atoms with E-state index in [4.69, 9.17) is 0 Å². The molecule has 1 N–H and O–H groups in total. The lowest BCUT2D eigenvalue weighted by atomic mass is 10.1. The van der Waals surface area contributed by atoms with Crippen LogP contribution in [-0.4, -0.2) is 20.7 Å². The Balaban J connectivity index is 1.93. The van der Waals surface area contributed by atoms with Gasteiger partial charge in [-0.3, -0.25) is 9.48 Å². The fourth-order valence-electron chi connectivity index (χ4n) is 2.39. The second-order valence-electron chi connectivity index (χ2n) is 5.22. The molecule has 0 atom stereocenters. The van der Waals surface area contributed by atoms with E-state index in [0.29, 0.717) is 16.8 Å². The van der Waals surface area contributed by atoms with Crippen LogP contribution in [-0.2, 0) is 7.05 Å². The zero-order valence-corrected chi connectivity index (χ0v) is 12.5. The molecule has 2 aromatic heterocycles. The molecule has 0 bridgehead atoms. The number of nitrogens with zero attached hydrogens (tertiary/aromatic N) is 3. The molecule has 3 aromatic rings. The van der Waals surface area contributed by atoms with Gasteiger partial charge in [-0.15, -0.1) is 0 Å². The average Bonchev–Trinajstić information content (AvgIpc) is 2.76. The van der Waals surface area contributed by atoms with E-state index < -0.39 is 0 Å². The molecule has 2 heterocycles. The fourth-order valence-corrected chi connectivity index (χ4v) is 2.39. The molecule has 0 fully saturated rings. The highest BCUT2D eigenvalue weighted by Crippen LogP contribution is 2.19. The van der Waals surface area contributed by atoms with E-state index in [2.05, 4.69) is 15.4 Å². The molecule has 0 saturated heterocycles. The number of pyridine rings is 1. The van der Waals surface area contributed by atoms with Crippen molar-refractivity contribution in [1.29, 1.82) is 0 Å². The molecule has 1 aromatic carbocycles. The number of benzene rings is 1. The summed E-state index contributed by atoms with van der Waals surface area (Å²) in [6, 6.07) is 6.00. The highest BCUT2D eigenvalue weighted by molar-refractivity contribution is 6.06. The Bertz CT molecular complexity index is 885. The van der Waals surface area contributed by atoms with Gasteiger partial charge < -0.3 is 5.32 Å². The number of fused-ring (bicyclic) bond motifs is 1. The van der Waals surface area contributed by atoms with Crippen LogP contribution in [0.4, 0.5) is 10.1 Å². The number of halogens is 1. The Morgan fingerprint density at radius 2 is 2.05 bits per heavy atom. The molecule has 1 amide bonds. The van der Waals surface area contributed by atoms with Gasteiger partial charge in [0.05, 0.1) is 11.3 Å². The van der Waals surface area contributed by atoms with Crippen LogP contribution in [0.3, 0.4) is 0 Å². The van der Waals surface area contributed by atoms with Crippen LogP contribution in [0.1, 0.15) is 21.6 Å². The number of carbonyl (C=O) groups is 1. The predicted octanol–water partition coefficient (Wildman–Crippen LogP) is 2.98. The number of carbonyl (C=O) groups excluding carboxylic acids is 1. The zero-order chi connectivity index (χ0) is 15.9. The molecular weight excluding hydrogens is 283 g/mol. The summed E-state index contributed by atoms with van der Waals surface area (Å²) in [6.07, 6.45) is 1.51. The molecule has 0 radical (unpaired) electrons. The number of rotatable bonds is 2. The standard InChI is InChI=1S/C16H15FN4O/c1-9-6-12(17)4-5-14(9)19-16(22)11-7-13-10(2)20-21(3)15(13)18-8-11/h4-8H,1-3H3,(H,19,22). The lowest BCUT2D eigenvalue weighted by Gasteiger charge is -2.08. The van der Waals surface area contributed by atoms with E-state index in [1.807, 2.05) is 14.0 Å². The normalized spacial score (nSPS) is 10.9. The van der Waals surface area contributed by atoms with Gasteiger partial charge in [0.2, 0.25) is 0 Å². The summed E-state index contributed by atoms with van der Waals surface area (Å²) in [7, 11) is 1.81. The second kappa shape index (κ2) is 5.22. The van der Waals surface area contributed by atoms with Crippen molar-refractivity contribution in [3.8, 4) is 0 Å². The van der Waals surface area contributed by atoms with Gasteiger partial charge in [-0.25, -0.2) is 9.37 Å². The van der Waals surface area contributed by atoms with Gasteiger partial charge in [-0.05, 0) is 43.7 Å². The summed E-state index contributed by atoms with van der Waals surface area (Å²) in [5.41, 5.74) is 3.23. The maximum Gasteiger partial charge on any atom is 0.257 e. The SMILES string of the molecule is Cc1cc(F)ccc1NC(=O)c1cnc2c(c1)c(C)nn2C. The molecule has 0 unspecified atom stereocenters. The maximum absolute atomic E-state index is 13.1. The number of anilines is 1. The molecule has 0 aliphatic heterocycles. The van der Waals surface area contributed by atoms with Crippen molar-refractivity contribution in [3.63, 3.8) is 0 Å². The summed E-state index contributed by atoms with van der Waals surface area (Å²) < 4.78 is 14.8. The molecule has 0 saturated carbocycles. The topological polar surface area (TPSA) is 59.8 Å². The molecule has 22 heavy (non-hydrogen) atoms. The monoisotopic (exact) mass is 298 g/mol. The van der Waals surface area contributed by atoms with Crippen LogP contribution >= 0.6 is 0 Å². The van der Waals surface area contributed by atoms with Gasteiger partial charge in [0.1, 0.15) is 5.82 Å². The van der Waals surface area contributed by atoms with E-state index in [1.54, 1.807) is 23.7 Å². The number of hydrogen-bond acceptors (Lipinski definition) is 3. The van der Waals surface area contributed by atoms with Crippen molar-refractivity contribution in [2.75, 3.05) is 5.32 Å². The Morgan fingerprint density at radius 1 is 1.27 bits per heavy atom. The third kappa shape index (κ3) is 2.43. The Labute approximate surface area is 126 Å². The maximum atomic E-state index is 13.1. The molecule has 5 nitrogen and oxygen atoms in total. The van der Waals surface area contributed by atoms with Gasteiger partial charge in [0.15, 0.2) is 5.65 Å². The predicted molar refractivity (Wildman–Crippen MR) is 82.3 cm³/mol. The number of amides is 1. The van der Waals surface area contributed by atoms with E-state index in [9.17, 15) is 9.18 Å². The first-order valence-electron chi connectivity index (χ1n) is 6.82. The van der Waals surface area contributed by atoms with Gasteiger partial charge in [0, 0.05) is 24.3 Å². The van der Waals surface area contributed by atoms with Crippen LogP contribution < -0.4 is 5.32 Å².